The van der Waals surface area contributed by atoms with Gasteiger partial charge in [0, 0.05) is 11.8 Å². The molecule has 1 aromatic carbocycles. The molecule has 0 atom stereocenters. The number of aromatic nitrogens is 2. The molecule has 2 aromatic rings. The quantitative estimate of drug-likeness (QED) is 0.760. The van der Waals surface area contributed by atoms with E-state index in [0.29, 0.717) is 0 Å². The van der Waals surface area contributed by atoms with Crippen LogP contribution in [-0.2, 0) is 6.42 Å². The Morgan fingerprint density at radius 1 is 1.36 bits per heavy atom. The molecule has 0 aliphatic carbocycles. The van der Waals surface area contributed by atoms with E-state index in [2.05, 4.69) is 17.1 Å². The Kier molecular flexibility index (Phi) is 2.23. The molecule has 3 heteroatoms. The van der Waals surface area contributed by atoms with Gasteiger partial charge < -0.3 is 5.11 Å². The lowest BCUT2D eigenvalue weighted by atomic mass is 10.0. The smallest absolute Gasteiger partial charge is 0.125 e. The molecule has 72 valence electrons. The molecule has 0 saturated carbocycles. The van der Waals surface area contributed by atoms with Gasteiger partial charge in [-0.15, -0.1) is 0 Å². The number of benzene rings is 1. The number of hydrogen-bond donors (Lipinski definition) is 2. The maximum absolute atomic E-state index is 9.74. The van der Waals surface area contributed by atoms with Crippen LogP contribution in [0.15, 0.2) is 30.5 Å². The maximum atomic E-state index is 9.74. The fourth-order valence-corrected chi connectivity index (χ4v) is 1.58. The van der Waals surface area contributed by atoms with E-state index in [4.69, 9.17) is 0 Å². The van der Waals surface area contributed by atoms with Crippen molar-refractivity contribution in [2.75, 3.05) is 0 Å². The van der Waals surface area contributed by atoms with Gasteiger partial charge in [0.15, 0.2) is 0 Å². The predicted octanol–water partition coefficient (Wildman–Crippen LogP) is 2.34. The summed E-state index contributed by atoms with van der Waals surface area (Å²) < 4.78 is 0. The summed E-state index contributed by atoms with van der Waals surface area (Å²) in [5.74, 6) is 0.288. The van der Waals surface area contributed by atoms with Gasteiger partial charge in [0.2, 0.25) is 0 Å². The van der Waals surface area contributed by atoms with Crippen LogP contribution in [0.1, 0.15) is 12.5 Å². The van der Waals surface area contributed by atoms with Crippen molar-refractivity contribution in [1.82, 2.24) is 10.2 Å². The van der Waals surface area contributed by atoms with Gasteiger partial charge in [-0.1, -0.05) is 19.1 Å². The van der Waals surface area contributed by atoms with Crippen LogP contribution >= 0.6 is 0 Å². The maximum Gasteiger partial charge on any atom is 0.125 e. The number of H-pyrrole nitrogens is 1. The normalized spacial score (nSPS) is 10.4. The summed E-state index contributed by atoms with van der Waals surface area (Å²) in [6, 6.07) is 7.39. The van der Waals surface area contributed by atoms with Crippen molar-refractivity contribution < 1.29 is 5.11 Å². The molecule has 1 aromatic heterocycles. The topological polar surface area (TPSA) is 48.9 Å². The number of nitrogens with zero attached hydrogens (tertiary/aromatic N) is 1. The van der Waals surface area contributed by atoms with Crippen LogP contribution in [0.3, 0.4) is 0 Å². The molecule has 0 bridgehead atoms. The number of phenolic OH excluding ortho intramolecular Hbond substituents is 1. The lowest BCUT2D eigenvalue weighted by Crippen LogP contribution is -1.88. The van der Waals surface area contributed by atoms with Crippen LogP contribution in [0.25, 0.3) is 11.3 Å². The first-order chi connectivity index (χ1) is 6.83. The van der Waals surface area contributed by atoms with Crippen molar-refractivity contribution in [1.29, 1.82) is 0 Å². The minimum atomic E-state index is 0.288. The molecule has 0 radical (unpaired) electrons. The zero-order valence-electron chi connectivity index (χ0n) is 7.99. The summed E-state index contributed by atoms with van der Waals surface area (Å²) in [4.78, 5) is 0. The third-order valence-electron chi connectivity index (χ3n) is 2.27. The van der Waals surface area contributed by atoms with Crippen molar-refractivity contribution in [3.63, 3.8) is 0 Å². The zero-order chi connectivity index (χ0) is 9.97. The predicted molar refractivity (Wildman–Crippen MR) is 55.1 cm³/mol. The van der Waals surface area contributed by atoms with Crippen molar-refractivity contribution in [3.8, 4) is 17.0 Å². The van der Waals surface area contributed by atoms with Crippen molar-refractivity contribution in [3.05, 3.63) is 36.0 Å². The highest BCUT2D eigenvalue weighted by molar-refractivity contribution is 5.70. The van der Waals surface area contributed by atoms with Gasteiger partial charge in [0.1, 0.15) is 5.75 Å². The van der Waals surface area contributed by atoms with E-state index in [0.717, 1.165) is 23.2 Å². The Bertz CT molecular complexity index is 421. The molecule has 0 aliphatic heterocycles. The Labute approximate surface area is 82.4 Å². The van der Waals surface area contributed by atoms with Gasteiger partial charge in [0.25, 0.3) is 0 Å². The number of aryl methyl sites for hydroxylation is 1. The summed E-state index contributed by atoms with van der Waals surface area (Å²) in [5, 5.41) is 16.6. The lowest BCUT2D eigenvalue weighted by Gasteiger charge is -2.06. The van der Waals surface area contributed by atoms with Gasteiger partial charge in [-0.25, -0.2) is 0 Å². The average molecular weight is 188 g/mol. The molecular weight excluding hydrogens is 176 g/mol. The first-order valence-electron chi connectivity index (χ1n) is 4.64. The second-order valence-electron chi connectivity index (χ2n) is 3.12. The second kappa shape index (κ2) is 3.54. The van der Waals surface area contributed by atoms with E-state index in [-0.39, 0.29) is 5.75 Å². The minimum Gasteiger partial charge on any atom is -0.507 e. The first kappa shape index (κ1) is 8.81. The minimum absolute atomic E-state index is 0.288. The van der Waals surface area contributed by atoms with Gasteiger partial charge >= 0.3 is 0 Å². The highest BCUT2D eigenvalue weighted by Gasteiger charge is 2.09. The molecule has 14 heavy (non-hydrogen) atoms. The summed E-state index contributed by atoms with van der Waals surface area (Å²) in [6.45, 7) is 2.06. The molecule has 0 amide bonds. The van der Waals surface area contributed by atoms with Crippen LogP contribution in [0.4, 0.5) is 0 Å². The largest absolute Gasteiger partial charge is 0.507 e. The van der Waals surface area contributed by atoms with Crippen LogP contribution < -0.4 is 0 Å². The summed E-state index contributed by atoms with van der Waals surface area (Å²) >= 11 is 0. The SMILES string of the molecule is CCc1cccc(O)c1-c1cc[nH]n1. The number of aromatic hydroxyl groups is 1. The third-order valence-corrected chi connectivity index (χ3v) is 2.27. The monoisotopic (exact) mass is 188 g/mol. The average Bonchev–Trinajstić information content (AvgIpc) is 2.70. The van der Waals surface area contributed by atoms with Crippen molar-refractivity contribution in [2.45, 2.75) is 13.3 Å². The fraction of sp³-hybridized carbons (Fsp3) is 0.182. The molecule has 0 aliphatic rings. The summed E-state index contributed by atoms with van der Waals surface area (Å²) in [6.07, 6.45) is 2.64. The molecule has 2 rings (SSSR count). The fourth-order valence-electron chi connectivity index (χ4n) is 1.58. The highest BCUT2D eigenvalue weighted by Crippen LogP contribution is 2.31. The van der Waals surface area contributed by atoms with E-state index in [9.17, 15) is 5.11 Å². The summed E-state index contributed by atoms with van der Waals surface area (Å²) in [7, 11) is 0. The van der Waals surface area contributed by atoms with Gasteiger partial charge in [-0.2, -0.15) is 5.10 Å². The molecular formula is C11H12N2O. The number of hydrogen-bond acceptors (Lipinski definition) is 2. The molecule has 0 saturated heterocycles. The Hall–Kier alpha value is -1.77. The van der Waals surface area contributed by atoms with E-state index in [1.165, 1.54) is 0 Å². The number of rotatable bonds is 2. The molecule has 0 fully saturated rings. The van der Waals surface area contributed by atoms with E-state index in [1.54, 1.807) is 12.3 Å². The number of nitrogens with one attached hydrogen (secondary N) is 1. The molecule has 2 N–H and O–H groups in total. The van der Waals surface area contributed by atoms with Gasteiger partial charge in [-0.3, -0.25) is 5.10 Å². The summed E-state index contributed by atoms with van der Waals surface area (Å²) in [5.41, 5.74) is 2.73. The zero-order valence-corrected chi connectivity index (χ0v) is 7.99. The standard InChI is InChI=1S/C11H12N2O/c1-2-8-4-3-5-10(14)11(8)9-6-7-12-13-9/h3-7,14H,2H2,1H3,(H,12,13). The van der Waals surface area contributed by atoms with Gasteiger partial charge in [-0.05, 0) is 24.1 Å². The second-order valence-corrected chi connectivity index (χ2v) is 3.12. The molecule has 1 heterocycles. The third kappa shape index (κ3) is 1.37. The van der Waals surface area contributed by atoms with E-state index < -0.39 is 0 Å². The lowest BCUT2D eigenvalue weighted by molar-refractivity contribution is 0.476. The number of phenols is 1. The Morgan fingerprint density at radius 2 is 2.21 bits per heavy atom. The highest BCUT2D eigenvalue weighted by atomic mass is 16.3. The van der Waals surface area contributed by atoms with Crippen molar-refractivity contribution >= 4 is 0 Å². The van der Waals surface area contributed by atoms with Crippen LogP contribution in [0.2, 0.25) is 0 Å². The van der Waals surface area contributed by atoms with Crippen molar-refractivity contribution in [2.24, 2.45) is 0 Å². The first-order valence-corrected chi connectivity index (χ1v) is 4.64. The van der Waals surface area contributed by atoms with Crippen LogP contribution in [0.5, 0.6) is 5.75 Å². The van der Waals surface area contributed by atoms with Crippen LogP contribution in [-0.4, -0.2) is 15.3 Å². The van der Waals surface area contributed by atoms with E-state index in [1.807, 2.05) is 18.2 Å². The van der Waals surface area contributed by atoms with E-state index >= 15 is 0 Å². The Balaban J connectivity index is 2.61. The number of aromatic amines is 1. The Morgan fingerprint density at radius 3 is 2.86 bits per heavy atom. The van der Waals surface area contributed by atoms with Gasteiger partial charge in [0.05, 0.1) is 5.69 Å². The molecule has 0 unspecified atom stereocenters. The molecule has 0 spiro atoms. The molecule has 3 nitrogen and oxygen atoms in total. The van der Waals surface area contributed by atoms with Crippen LogP contribution in [0, 0.1) is 0 Å².